The van der Waals surface area contributed by atoms with E-state index in [4.69, 9.17) is 4.74 Å². The van der Waals surface area contributed by atoms with Gasteiger partial charge in [-0.2, -0.15) is 0 Å². The Morgan fingerprint density at radius 2 is 1.83 bits per heavy atom. The fraction of sp³-hybridized carbons (Fsp3) is 0.857. The van der Waals surface area contributed by atoms with E-state index in [0.29, 0.717) is 10.8 Å². The third-order valence-electron chi connectivity index (χ3n) is 10.2. The molecule has 0 heterocycles. The highest BCUT2D eigenvalue weighted by atomic mass is 16.5. The van der Waals surface area contributed by atoms with Gasteiger partial charge in [-0.05, 0) is 96.5 Å². The number of fused-ring (bicyclic) bond motifs is 5. The van der Waals surface area contributed by atoms with Gasteiger partial charge in [0.25, 0.3) is 0 Å². The molecule has 0 radical (unpaired) electrons. The first kappa shape index (κ1) is 21.5. The van der Waals surface area contributed by atoms with Gasteiger partial charge in [0, 0.05) is 6.42 Å². The lowest BCUT2D eigenvalue weighted by Gasteiger charge is -2.57. The molecular formula is C28H46O. The van der Waals surface area contributed by atoms with E-state index in [-0.39, 0.29) is 0 Å². The minimum atomic E-state index is 0.396. The first-order chi connectivity index (χ1) is 13.8. The third-order valence-corrected chi connectivity index (χ3v) is 10.2. The average molecular weight is 399 g/mol. The van der Waals surface area contributed by atoms with Crippen molar-refractivity contribution in [2.75, 3.05) is 7.11 Å². The van der Waals surface area contributed by atoms with Gasteiger partial charge in [0.2, 0.25) is 0 Å². The summed E-state index contributed by atoms with van der Waals surface area (Å²) in [5.74, 6) is 6.71. The minimum Gasteiger partial charge on any atom is -0.501 e. The predicted molar refractivity (Wildman–Crippen MR) is 124 cm³/mol. The first-order valence-electron chi connectivity index (χ1n) is 12.7. The molecule has 0 saturated heterocycles. The number of ether oxygens (including phenoxy) is 1. The second-order valence-electron chi connectivity index (χ2n) is 12.0. The summed E-state index contributed by atoms with van der Waals surface area (Å²) in [5.41, 5.74) is 2.59. The standard InChI is InChI=1S/C28H46O/c1-19(2)8-7-9-20(3)24-12-13-25-23-11-10-21-18-22(29-6)14-16-27(21,4)26(23)15-17-28(24,25)5/h10,18-20,23-26H,7-9,11-17H2,1-6H3/t20-,23+,24-,25+,26+,27+,28-/m1/s1. The number of hydrogen-bond acceptors (Lipinski definition) is 1. The molecule has 29 heavy (non-hydrogen) atoms. The van der Waals surface area contributed by atoms with Crippen molar-refractivity contribution in [3.63, 3.8) is 0 Å². The Hall–Kier alpha value is -0.720. The topological polar surface area (TPSA) is 9.23 Å². The number of rotatable bonds is 6. The Morgan fingerprint density at radius 1 is 1.03 bits per heavy atom. The lowest BCUT2D eigenvalue weighted by molar-refractivity contribution is -0.0465. The van der Waals surface area contributed by atoms with Gasteiger partial charge in [0.05, 0.1) is 12.9 Å². The number of methoxy groups -OCH3 is 1. The summed E-state index contributed by atoms with van der Waals surface area (Å²) in [5, 5.41) is 0. The van der Waals surface area contributed by atoms with E-state index in [1.54, 1.807) is 5.57 Å². The van der Waals surface area contributed by atoms with Crippen LogP contribution in [0.15, 0.2) is 23.5 Å². The van der Waals surface area contributed by atoms with Crippen LogP contribution in [0.2, 0.25) is 0 Å². The smallest absolute Gasteiger partial charge is 0.0958 e. The highest BCUT2D eigenvalue weighted by molar-refractivity contribution is 5.35. The van der Waals surface area contributed by atoms with E-state index in [2.05, 4.69) is 46.8 Å². The maximum Gasteiger partial charge on any atom is 0.0958 e. The van der Waals surface area contributed by atoms with E-state index < -0.39 is 0 Å². The molecule has 2 saturated carbocycles. The van der Waals surface area contributed by atoms with E-state index in [9.17, 15) is 0 Å². The molecule has 0 spiro atoms. The van der Waals surface area contributed by atoms with Crippen LogP contribution in [0.5, 0.6) is 0 Å². The summed E-state index contributed by atoms with van der Waals surface area (Å²) in [4.78, 5) is 0. The Kier molecular flexibility index (Phi) is 6.00. The number of hydrogen-bond donors (Lipinski definition) is 0. The molecule has 164 valence electrons. The zero-order chi connectivity index (χ0) is 20.8. The van der Waals surface area contributed by atoms with Crippen LogP contribution in [0.1, 0.15) is 98.8 Å². The second kappa shape index (κ2) is 8.08. The van der Waals surface area contributed by atoms with Gasteiger partial charge in [-0.15, -0.1) is 0 Å². The van der Waals surface area contributed by atoms with Crippen LogP contribution in [0.3, 0.4) is 0 Å². The maximum atomic E-state index is 5.61. The van der Waals surface area contributed by atoms with Crippen molar-refractivity contribution < 1.29 is 4.74 Å². The zero-order valence-electron chi connectivity index (χ0n) is 20.1. The summed E-state index contributed by atoms with van der Waals surface area (Å²) in [6.45, 7) is 12.6. The fourth-order valence-corrected chi connectivity index (χ4v) is 8.49. The van der Waals surface area contributed by atoms with E-state index in [1.165, 1.54) is 63.5 Å². The molecule has 7 atom stereocenters. The summed E-state index contributed by atoms with van der Waals surface area (Å²) in [7, 11) is 1.84. The van der Waals surface area contributed by atoms with E-state index in [0.717, 1.165) is 41.9 Å². The maximum absolute atomic E-state index is 5.61. The largest absolute Gasteiger partial charge is 0.501 e. The molecule has 0 bridgehead atoms. The van der Waals surface area contributed by atoms with Gasteiger partial charge in [-0.3, -0.25) is 0 Å². The summed E-state index contributed by atoms with van der Waals surface area (Å²) >= 11 is 0. The van der Waals surface area contributed by atoms with Crippen LogP contribution in [0.4, 0.5) is 0 Å². The quantitative estimate of drug-likeness (QED) is 0.438. The highest BCUT2D eigenvalue weighted by Crippen LogP contribution is 2.67. The van der Waals surface area contributed by atoms with E-state index >= 15 is 0 Å². The molecule has 2 fully saturated rings. The molecule has 4 rings (SSSR count). The predicted octanol–water partition coefficient (Wildman–Crippen LogP) is 8.17. The monoisotopic (exact) mass is 398 g/mol. The summed E-state index contributed by atoms with van der Waals surface area (Å²) < 4.78 is 5.61. The van der Waals surface area contributed by atoms with Crippen LogP contribution in [0, 0.1) is 46.3 Å². The van der Waals surface area contributed by atoms with Gasteiger partial charge >= 0.3 is 0 Å². The van der Waals surface area contributed by atoms with Gasteiger partial charge in [-0.25, -0.2) is 0 Å². The Bertz CT molecular complexity index is 657. The fourth-order valence-electron chi connectivity index (χ4n) is 8.49. The van der Waals surface area contributed by atoms with Gasteiger partial charge in [0.1, 0.15) is 0 Å². The summed E-state index contributed by atoms with van der Waals surface area (Å²) in [6, 6.07) is 0. The van der Waals surface area contributed by atoms with Crippen molar-refractivity contribution in [3.05, 3.63) is 23.5 Å². The molecule has 0 N–H and O–H groups in total. The van der Waals surface area contributed by atoms with Crippen LogP contribution < -0.4 is 0 Å². The molecular weight excluding hydrogens is 352 g/mol. The van der Waals surface area contributed by atoms with Crippen LogP contribution >= 0.6 is 0 Å². The van der Waals surface area contributed by atoms with Crippen LogP contribution in [0.25, 0.3) is 0 Å². The molecule has 1 nitrogen and oxygen atoms in total. The lowest BCUT2D eigenvalue weighted by atomic mass is 9.47. The van der Waals surface area contributed by atoms with Crippen LogP contribution in [-0.4, -0.2) is 7.11 Å². The van der Waals surface area contributed by atoms with Crippen molar-refractivity contribution in [3.8, 4) is 0 Å². The second-order valence-corrected chi connectivity index (χ2v) is 12.0. The molecule has 0 aliphatic heterocycles. The Balaban J connectivity index is 1.51. The molecule has 1 heteroatoms. The molecule has 0 aromatic rings. The normalized spacial score (nSPS) is 42.4. The van der Waals surface area contributed by atoms with Gasteiger partial charge in [-0.1, -0.05) is 60.0 Å². The minimum absolute atomic E-state index is 0.396. The van der Waals surface area contributed by atoms with Crippen molar-refractivity contribution in [1.82, 2.24) is 0 Å². The van der Waals surface area contributed by atoms with Gasteiger partial charge < -0.3 is 4.74 Å². The third kappa shape index (κ3) is 3.63. The van der Waals surface area contributed by atoms with E-state index in [1.807, 2.05) is 7.11 Å². The Labute approximate surface area is 180 Å². The van der Waals surface area contributed by atoms with Crippen molar-refractivity contribution in [1.29, 1.82) is 0 Å². The van der Waals surface area contributed by atoms with Crippen LogP contribution in [-0.2, 0) is 4.74 Å². The molecule has 0 aromatic heterocycles. The molecule has 0 unspecified atom stereocenters. The molecule has 4 aliphatic rings. The summed E-state index contributed by atoms with van der Waals surface area (Å²) in [6.07, 6.45) is 19.0. The highest BCUT2D eigenvalue weighted by Gasteiger charge is 2.58. The lowest BCUT2D eigenvalue weighted by Crippen LogP contribution is -2.49. The Morgan fingerprint density at radius 3 is 2.55 bits per heavy atom. The molecule has 0 aromatic carbocycles. The molecule has 4 aliphatic carbocycles. The van der Waals surface area contributed by atoms with Gasteiger partial charge in [0.15, 0.2) is 0 Å². The average Bonchev–Trinajstić information content (AvgIpc) is 3.04. The first-order valence-corrected chi connectivity index (χ1v) is 12.7. The van der Waals surface area contributed by atoms with Crippen molar-refractivity contribution in [2.45, 2.75) is 98.8 Å². The number of allylic oxidation sites excluding steroid dienone is 4. The SMILES string of the molecule is COC1=CC2=CC[C@H]3[C@@H]4CC[C@H]([C@H](C)CCCC(C)C)[C@@]4(C)CC[C@@H]3[C@@]2(C)CC1. The molecule has 0 amide bonds. The van der Waals surface area contributed by atoms with Crippen molar-refractivity contribution >= 4 is 0 Å². The van der Waals surface area contributed by atoms with Crippen molar-refractivity contribution in [2.24, 2.45) is 46.3 Å². The zero-order valence-corrected chi connectivity index (χ0v) is 20.1.